The van der Waals surface area contributed by atoms with Gasteiger partial charge in [0.1, 0.15) is 6.04 Å². The number of hydrogen-bond donors (Lipinski definition) is 1. The van der Waals surface area contributed by atoms with Gasteiger partial charge in [0.05, 0.1) is 12.2 Å². The molecular formula is C15H18F3NO3. The van der Waals surface area contributed by atoms with Crippen molar-refractivity contribution in [3.05, 3.63) is 35.4 Å². The van der Waals surface area contributed by atoms with Gasteiger partial charge in [-0.3, -0.25) is 4.79 Å². The van der Waals surface area contributed by atoms with Crippen molar-refractivity contribution in [3.63, 3.8) is 0 Å². The Kier molecular flexibility index (Phi) is 6.39. The zero-order chi connectivity index (χ0) is 16.8. The van der Waals surface area contributed by atoms with Gasteiger partial charge in [0.25, 0.3) is 5.91 Å². The molecule has 1 atom stereocenters. The molecule has 7 heteroatoms. The van der Waals surface area contributed by atoms with Crippen LogP contribution in [0.25, 0.3) is 0 Å². The molecule has 1 aromatic rings. The zero-order valence-corrected chi connectivity index (χ0v) is 12.4. The summed E-state index contributed by atoms with van der Waals surface area (Å²) in [5.41, 5.74) is -1.08. The first kappa shape index (κ1) is 18.0. The molecule has 0 saturated carbocycles. The number of carbonyl (C=O) groups is 2. The van der Waals surface area contributed by atoms with E-state index in [0.29, 0.717) is 6.42 Å². The molecule has 0 fully saturated rings. The van der Waals surface area contributed by atoms with Gasteiger partial charge in [-0.1, -0.05) is 19.4 Å². The number of esters is 1. The first-order valence-electron chi connectivity index (χ1n) is 6.90. The Morgan fingerprint density at radius 3 is 2.59 bits per heavy atom. The van der Waals surface area contributed by atoms with Gasteiger partial charge in [-0.25, -0.2) is 4.79 Å². The number of nitrogens with one attached hydrogen (secondary N) is 1. The van der Waals surface area contributed by atoms with E-state index in [1.54, 1.807) is 0 Å². The summed E-state index contributed by atoms with van der Waals surface area (Å²) >= 11 is 0. The molecule has 1 unspecified atom stereocenters. The van der Waals surface area contributed by atoms with Crippen molar-refractivity contribution in [2.45, 2.75) is 38.9 Å². The number of amides is 1. The molecule has 0 spiro atoms. The Labute approximate surface area is 126 Å². The van der Waals surface area contributed by atoms with E-state index in [9.17, 15) is 22.8 Å². The van der Waals surface area contributed by atoms with Crippen LogP contribution in [0.5, 0.6) is 0 Å². The number of halogens is 3. The number of hydrogen-bond acceptors (Lipinski definition) is 3. The molecule has 0 radical (unpaired) electrons. The monoisotopic (exact) mass is 317 g/mol. The summed E-state index contributed by atoms with van der Waals surface area (Å²) in [5.74, 6) is -1.38. The van der Waals surface area contributed by atoms with Crippen molar-refractivity contribution in [2.24, 2.45) is 0 Å². The third-order valence-electron chi connectivity index (χ3n) is 2.90. The van der Waals surface area contributed by atoms with E-state index < -0.39 is 29.7 Å². The second-order valence-corrected chi connectivity index (χ2v) is 4.79. The van der Waals surface area contributed by atoms with Gasteiger partial charge >= 0.3 is 12.1 Å². The number of carbonyl (C=O) groups excluding carboxylic acids is 2. The highest BCUT2D eigenvalue weighted by atomic mass is 19.4. The maximum absolute atomic E-state index is 12.6. The minimum absolute atomic E-state index is 0.164. The van der Waals surface area contributed by atoms with Crippen LogP contribution in [0.15, 0.2) is 24.3 Å². The molecule has 0 heterocycles. The van der Waals surface area contributed by atoms with Gasteiger partial charge < -0.3 is 10.1 Å². The van der Waals surface area contributed by atoms with Crippen LogP contribution in [0.1, 0.15) is 42.6 Å². The van der Waals surface area contributed by atoms with Crippen LogP contribution in [0, 0.1) is 0 Å². The third-order valence-corrected chi connectivity index (χ3v) is 2.90. The highest BCUT2D eigenvalue weighted by Crippen LogP contribution is 2.29. The van der Waals surface area contributed by atoms with Crippen LogP contribution >= 0.6 is 0 Å². The predicted molar refractivity (Wildman–Crippen MR) is 74.2 cm³/mol. The summed E-state index contributed by atoms with van der Waals surface area (Å²) in [7, 11) is 0. The second kappa shape index (κ2) is 7.82. The summed E-state index contributed by atoms with van der Waals surface area (Å²) in [6.45, 7) is 3.60. The van der Waals surface area contributed by atoms with E-state index in [1.807, 2.05) is 6.92 Å². The summed E-state index contributed by atoms with van der Waals surface area (Å²) in [6, 6.07) is 3.07. The highest BCUT2D eigenvalue weighted by Gasteiger charge is 2.31. The van der Waals surface area contributed by atoms with Gasteiger partial charge in [-0.05, 0) is 31.5 Å². The number of alkyl halides is 3. The van der Waals surface area contributed by atoms with Crippen LogP contribution in [0.4, 0.5) is 13.2 Å². The third kappa shape index (κ3) is 5.38. The van der Waals surface area contributed by atoms with E-state index in [2.05, 4.69) is 5.32 Å². The normalized spacial score (nSPS) is 12.6. The summed E-state index contributed by atoms with van der Waals surface area (Å²) < 4.78 is 42.7. The number of ether oxygens (including phenoxy) is 1. The Balaban J connectivity index is 2.67. The lowest BCUT2D eigenvalue weighted by Gasteiger charge is -2.14. The van der Waals surface area contributed by atoms with E-state index in [4.69, 9.17) is 4.74 Å². The molecular weight excluding hydrogens is 299 g/mol. The van der Waals surface area contributed by atoms with Crippen LogP contribution in [0.3, 0.4) is 0 Å². The minimum Gasteiger partial charge on any atom is -0.464 e. The molecule has 1 rings (SSSR count). The first-order valence-corrected chi connectivity index (χ1v) is 6.90. The van der Waals surface area contributed by atoms with Crippen LogP contribution in [0.2, 0.25) is 0 Å². The molecule has 1 aromatic carbocycles. The molecule has 0 aromatic heterocycles. The molecule has 4 nitrogen and oxygen atoms in total. The number of benzene rings is 1. The smallest absolute Gasteiger partial charge is 0.416 e. The van der Waals surface area contributed by atoms with E-state index in [0.717, 1.165) is 24.6 Å². The molecule has 0 aliphatic rings. The Hall–Kier alpha value is -2.05. The van der Waals surface area contributed by atoms with Crippen LogP contribution in [-0.4, -0.2) is 24.5 Å². The van der Waals surface area contributed by atoms with Crippen molar-refractivity contribution in [1.29, 1.82) is 0 Å². The largest absolute Gasteiger partial charge is 0.464 e. The minimum atomic E-state index is -4.53. The SMILES string of the molecule is CCCCOC(=O)C(C)NC(=O)c1cccc(C(F)(F)F)c1. The summed E-state index contributed by atoms with van der Waals surface area (Å²) in [4.78, 5) is 23.5. The average Bonchev–Trinajstić information content (AvgIpc) is 2.46. The Morgan fingerprint density at radius 2 is 2.00 bits per heavy atom. The van der Waals surface area contributed by atoms with Crippen molar-refractivity contribution in [1.82, 2.24) is 5.32 Å². The molecule has 1 amide bonds. The van der Waals surface area contributed by atoms with Gasteiger partial charge in [-0.2, -0.15) is 13.2 Å². The molecule has 0 aliphatic carbocycles. The molecule has 1 N–H and O–H groups in total. The van der Waals surface area contributed by atoms with Gasteiger partial charge in [0.15, 0.2) is 0 Å². The Morgan fingerprint density at radius 1 is 1.32 bits per heavy atom. The van der Waals surface area contributed by atoms with Crippen LogP contribution in [-0.2, 0) is 15.7 Å². The van der Waals surface area contributed by atoms with E-state index in [-0.39, 0.29) is 12.2 Å². The lowest BCUT2D eigenvalue weighted by atomic mass is 10.1. The quantitative estimate of drug-likeness (QED) is 0.648. The standard InChI is InChI=1S/C15H18F3NO3/c1-3-4-8-22-14(21)10(2)19-13(20)11-6-5-7-12(9-11)15(16,17)18/h5-7,9-10H,3-4,8H2,1-2H3,(H,19,20). The molecule has 0 aliphatic heterocycles. The first-order chi connectivity index (χ1) is 10.3. The number of rotatable bonds is 6. The molecule has 0 saturated heterocycles. The maximum Gasteiger partial charge on any atom is 0.416 e. The van der Waals surface area contributed by atoms with Crippen molar-refractivity contribution >= 4 is 11.9 Å². The van der Waals surface area contributed by atoms with Crippen molar-refractivity contribution in [2.75, 3.05) is 6.61 Å². The second-order valence-electron chi connectivity index (χ2n) is 4.79. The maximum atomic E-state index is 12.6. The van der Waals surface area contributed by atoms with E-state index >= 15 is 0 Å². The van der Waals surface area contributed by atoms with Crippen LogP contribution < -0.4 is 5.32 Å². The molecule has 0 bridgehead atoms. The molecule has 122 valence electrons. The fraction of sp³-hybridized carbons (Fsp3) is 0.467. The van der Waals surface area contributed by atoms with Crippen molar-refractivity contribution in [3.8, 4) is 0 Å². The molecule has 22 heavy (non-hydrogen) atoms. The lowest BCUT2D eigenvalue weighted by Crippen LogP contribution is -2.39. The fourth-order valence-electron chi connectivity index (χ4n) is 1.62. The summed E-state index contributed by atoms with van der Waals surface area (Å²) in [5, 5.41) is 2.32. The van der Waals surface area contributed by atoms with E-state index in [1.165, 1.54) is 13.0 Å². The van der Waals surface area contributed by atoms with Gasteiger partial charge in [0.2, 0.25) is 0 Å². The average molecular weight is 317 g/mol. The highest BCUT2D eigenvalue weighted by molar-refractivity contribution is 5.96. The fourth-order valence-corrected chi connectivity index (χ4v) is 1.62. The van der Waals surface area contributed by atoms with Gasteiger partial charge in [-0.15, -0.1) is 0 Å². The van der Waals surface area contributed by atoms with Crippen molar-refractivity contribution < 1.29 is 27.5 Å². The number of unbranched alkanes of at least 4 members (excludes halogenated alkanes) is 1. The topological polar surface area (TPSA) is 55.4 Å². The Bertz CT molecular complexity index is 529. The van der Waals surface area contributed by atoms with Gasteiger partial charge in [0, 0.05) is 5.56 Å². The summed E-state index contributed by atoms with van der Waals surface area (Å²) in [6.07, 6.45) is -2.96. The predicted octanol–water partition coefficient (Wildman–Crippen LogP) is 3.17. The zero-order valence-electron chi connectivity index (χ0n) is 12.4. The lowest BCUT2D eigenvalue weighted by molar-refractivity contribution is -0.145.